The third kappa shape index (κ3) is 3.03. The molecule has 0 spiro atoms. The molecule has 2 unspecified atom stereocenters. The van der Waals surface area contributed by atoms with E-state index in [-0.39, 0.29) is 19.5 Å². The van der Waals surface area contributed by atoms with Gasteiger partial charge in [0.15, 0.2) is 0 Å². The Balaban J connectivity index is 2.39. The molecule has 0 N–H and O–H groups in total. The normalized spacial score (nSPS) is 26.1. The number of rotatable bonds is 2. The highest BCUT2D eigenvalue weighted by Gasteiger charge is 2.43. The summed E-state index contributed by atoms with van der Waals surface area (Å²) in [5.74, 6) is -1.26. The first-order valence-corrected chi connectivity index (χ1v) is 4.70. The standard InChI is InChI=1S/C8H10ClF3N2/c9-7(3-13)5-14-2-1-6(4-14)8(10,11)12/h6-7H,1-2,4-5H2. The van der Waals surface area contributed by atoms with Crippen molar-refractivity contribution in [3.63, 3.8) is 0 Å². The van der Waals surface area contributed by atoms with Crippen LogP contribution >= 0.6 is 11.6 Å². The van der Waals surface area contributed by atoms with Gasteiger partial charge in [-0.1, -0.05) is 0 Å². The summed E-state index contributed by atoms with van der Waals surface area (Å²) < 4.78 is 36.7. The number of hydrogen-bond acceptors (Lipinski definition) is 2. The van der Waals surface area contributed by atoms with Crippen molar-refractivity contribution in [1.82, 2.24) is 4.90 Å². The van der Waals surface area contributed by atoms with E-state index in [1.807, 2.05) is 0 Å². The molecule has 2 atom stereocenters. The first kappa shape index (κ1) is 11.6. The second-order valence-electron chi connectivity index (χ2n) is 3.38. The zero-order chi connectivity index (χ0) is 10.8. The van der Waals surface area contributed by atoms with E-state index in [1.165, 1.54) is 0 Å². The summed E-state index contributed by atoms with van der Waals surface area (Å²) in [6, 6.07) is 1.79. The van der Waals surface area contributed by atoms with E-state index in [0.717, 1.165) is 0 Å². The van der Waals surface area contributed by atoms with Crippen LogP contribution in [0.3, 0.4) is 0 Å². The van der Waals surface area contributed by atoms with Crippen molar-refractivity contribution in [1.29, 1.82) is 5.26 Å². The van der Waals surface area contributed by atoms with E-state index in [9.17, 15) is 13.2 Å². The van der Waals surface area contributed by atoms with Crippen LogP contribution in [0.2, 0.25) is 0 Å². The van der Waals surface area contributed by atoms with E-state index in [0.29, 0.717) is 6.54 Å². The van der Waals surface area contributed by atoms with Crippen molar-refractivity contribution >= 4 is 11.6 Å². The second kappa shape index (κ2) is 4.37. The van der Waals surface area contributed by atoms with Crippen LogP contribution in [-0.4, -0.2) is 36.1 Å². The lowest BCUT2D eigenvalue weighted by Crippen LogP contribution is -2.30. The first-order valence-electron chi connectivity index (χ1n) is 4.26. The van der Waals surface area contributed by atoms with Crippen LogP contribution in [0.5, 0.6) is 0 Å². The summed E-state index contributed by atoms with van der Waals surface area (Å²) in [7, 11) is 0. The molecule has 1 rings (SSSR count). The Hall–Kier alpha value is -0.470. The minimum absolute atomic E-state index is 0.0333. The van der Waals surface area contributed by atoms with E-state index in [1.54, 1.807) is 11.0 Å². The molecule has 1 heterocycles. The van der Waals surface area contributed by atoms with E-state index >= 15 is 0 Å². The van der Waals surface area contributed by atoms with Gasteiger partial charge >= 0.3 is 6.18 Å². The molecule has 0 aromatic rings. The molecule has 1 aliphatic heterocycles. The highest BCUT2D eigenvalue weighted by atomic mass is 35.5. The number of nitrogens with zero attached hydrogens (tertiary/aromatic N) is 2. The van der Waals surface area contributed by atoms with Crippen molar-refractivity contribution in [2.75, 3.05) is 19.6 Å². The number of halogens is 4. The van der Waals surface area contributed by atoms with Crippen LogP contribution in [0.25, 0.3) is 0 Å². The quantitative estimate of drug-likeness (QED) is 0.674. The van der Waals surface area contributed by atoms with Crippen LogP contribution in [0.4, 0.5) is 13.2 Å². The fraction of sp³-hybridized carbons (Fsp3) is 0.875. The van der Waals surface area contributed by atoms with Gasteiger partial charge in [-0.05, 0) is 13.0 Å². The van der Waals surface area contributed by atoms with Gasteiger partial charge in [-0.3, -0.25) is 0 Å². The van der Waals surface area contributed by atoms with Crippen molar-refractivity contribution in [2.45, 2.75) is 18.0 Å². The number of likely N-dealkylation sites (tertiary alicyclic amines) is 1. The second-order valence-corrected chi connectivity index (χ2v) is 3.91. The molecule has 6 heteroatoms. The molecular formula is C8H10ClF3N2. The van der Waals surface area contributed by atoms with Gasteiger partial charge < -0.3 is 4.90 Å². The molecule has 80 valence electrons. The Morgan fingerprint density at radius 2 is 2.21 bits per heavy atom. The molecule has 0 amide bonds. The number of alkyl halides is 4. The predicted molar refractivity (Wildman–Crippen MR) is 45.9 cm³/mol. The topological polar surface area (TPSA) is 27.0 Å². The SMILES string of the molecule is N#CC(Cl)CN1CCC(C(F)(F)F)C1. The number of hydrogen-bond donors (Lipinski definition) is 0. The van der Waals surface area contributed by atoms with Crippen LogP contribution in [-0.2, 0) is 0 Å². The molecule has 0 radical (unpaired) electrons. The number of nitriles is 1. The van der Waals surface area contributed by atoms with Gasteiger partial charge in [0.25, 0.3) is 0 Å². The van der Waals surface area contributed by atoms with Crippen LogP contribution < -0.4 is 0 Å². The fourth-order valence-corrected chi connectivity index (χ4v) is 1.73. The minimum Gasteiger partial charge on any atom is -0.300 e. The van der Waals surface area contributed by atoms with Crippen LogP contribution in [0.1, 0.15) is 6.42 Å². The van der Waals surface area contributed by atoms with Crippen molar-refractivity contribution in [2.24, 2.45) is 5.92 Å². The molecule has 0 saturated carbocycles. The van der Waals surface area contributed by atoms with Crippen LogP contribution in [0, 0.1) is 17.2 Å². The average Bonchev–Trinajstić information content (AvgIpc) is 2.51. The lowest BCUT2D eigenvalue weighted by Gasteiger charge is -2.17. The largest absolute Gasteiger partial charge is 0.393 e. The first-order chi connectivity index (χ1) is 6.43. The van der Waals surface area contributed by atoms with Gasteiger partial charge in [-0.15, -0.1) is 11.6 Å². The Bertz CT molecular complexity index is 236. The lowest BCUT2D eigenvalue weighted by molar-refractivity contribution is -0.170. The van der Waals surface area contributed by atoms with E-state index in [2.05, 4.69) is 0 Å². The highest BCUT2D eigenvalue weighted by molar-refractivity contribution is 6.22. The summed E-state index contributed by atoms with van der Waals surface area (Å²) in [6.45, 7) is 0.550. The Kier molecular flexibility index (Phi) is 3.62. The summed E-state index contributed by atoms with van der Waals surface area (Å²) in [5, 5.41) is 7.67. The Morgan fingerprint density at radius 1 is 1.57 bits per heavy atom. The Morgan fingerprint density at radius 3 is 2.64 bits per heavy atom. The third-order valence-electron chi connectivity index (χ3n) is 2.29. The van der Waals surface area contributed by atoms with Crippen molar-refractivity contribution in [3.05, 3.63) is 0 Å². The molecule has 1 aliphatic rings. The molecule has 0 aromatic carbocycles. The monoisotopic (exact) mass is 226 g/mol. The zero-order valence-electron chi connectivity index (χ0n) is 7.39. The summed E-state index contributed by atoms with van der Waals surface area (Å²) in [4.78, 5) is 1.58. The van der Waals surface area contributed by atoms with E-state index < -0.39 is 17.5 Å². The minimum atomic E-state index is -4.12. The summed E-state index contributed by atoms with van der Waals surface area (Å²) in [5.41, 5.74) is 0. The highest BCUT2D eigenvalue weighted by Crippen LogP contribution is 2.33. The third-order valence-corrected chi connectivity index (χ3v) is 2.53. The molecule has 0 bridgehead atoms. The summed E-state index contributed by atoms with van der Waals surface area (Å²) >= 11 is 5.52. The fourth-order valence-electron chi connectivity index (χ4n) is 1.53. The smallest absolute Gasteiger partial charge is 0.300 e. The van der Waals surface area contributed by atoms with Gasteiger partial charge in [-0.2, -0.15) is 18.4 Å². The molecule has 1 saturated heterocycles. The van der Waals surface area contributed by atoms with Crippen LogP contribution in [0.15, 0.2) is 0 Å². The van der Waals surface area contributed by atoms with Crippen molar-refractivity contribution in [3.8, 4) is 6.07 Å². The van der Waals surface area contributed by atoms with Gasteiger partial charge in [0.2, 0.25) is 0 Å². The lowest BCUT2D eigenvalue weighted by atomic mass is 10.1. The van der Waals surface area contributed by atoms with Gasteiger partial charge in [0.1, 0.15) is 5.38 Å². The molecule has 0 aliphatic carbocycles. The Labute approximate surface area is 85.2 Å². The van der Waals surface area contributed by atoms with Gasteiger partial charge in [0.05, 0.1) is 12.0 Å². The molecule has 0 aromatic heterocycles. The molecule has 1 fully saturated rings. The average molecular weight is 227 g/mol. The molecule has 14 heavy (non-hydrogen) atoms. The maximum atomic E-state index is 12.2. The van der Waals surface area contributed by atoms with Crippen molar-refractivity contribution < 1.29 is 13.2 Å². The maximum absolute atomic E-state index is 12.2. The zero-order valence-corrected chi connectivity index (χ0v) is 8.15. The molecule has 2 nitrogen and oxygen atoms in total. The van der Waals surface area contributed by atoms with E-state index in [4.69, 9.17) is 16.9 Å². The van der Waals surface area contributed by atoms with Gasteiger partial charge in [0, 0.05) is 13.1 Å². The predicted octanol–water partition coefficient (Wildman–Crippen LogP) is 2.00. The maximum Gasteiger partial charge on any atom is 0.393 e. The summed E-state index contributed by atoms with van der Waals surface area (Å²) in [6.07, 6.45) is -4.01. The van der Waals surface area contributed by atoms with Gasteiger partial charge in [-0.25, -0.2) is 0 Å². The molecular weight excluding hydrogens is 217 g/mol.